The number of fused-ring (bicyclic) bond motifs is 1. The van der Waals surface area contributed by atoms with E-state index >= 15 is 0 Å². The molecule has 218 valence electrons. The van der Waals surface area contributed by atoms with Crippen LogP contribution in [0.5, 0.6) is 11.5 Å². The van der Waals surface area contributed by atoms with Crippen molar-refractivity contribution in [2.75, 3.05) is 49.9 Å². The fraction of sp³-hybridized carbons (Fsp3) is 0.357. The van der Waals surface area contributed by atoms with Crippen LogP contribution in [0.1, 0.15) is 36.8 Å². The first kappa shape index (κ1) is 29.6. The summed E-state index contributed by atoms with van der Waals surface area (Å²) in [5, 5.41) is 11.7. The van der Waals surface area contributed by atoms with Crippen molar-refractivity contribution in [1.29, 1.82) is 0 Å². The van der Waals surface area contributed by atoms with Gasteiger partial charge in [0, 0.05) is 48.3 Å². The Labute approximate surface area is 242 Å². The third-order valence-electron chi connectivity index (χ3n) is 5.70. The molecule has 0 bridgehead atoms. The number of nitrogens with one attached hydrogen (secondary N) is 3. The van der Waals surface area contributed by atoms with Gasteiger partial charge in [-0.2, -0.15) is 0 Å². The van der Waals surface area contributed by atoms with Crippen LogP contribution in [0.25, 0.3) is 0 Å². The fourth-order valence-electron chi connectivity index (χ4n) is 3.71. The number of urea groups is 1. The number of hydrogen-bond donors (Lipinski definition) is 3. The van der Waals surface area contributed by atoms with Crippen molar-refractivity contribution in [2.45, 2.75) is 32.9 Å². The Morgan fingerprint density at radius 3 is 2.39 bits per heavy atom. The highest BCUT2D eigenvalue weighted by Crippen LogP contribution is 2.34. The number of benzene rings is 1. The van der Waals surface area contributed by atoms with E-state index in [1.54, 1.807) is 73.0 Å². The lowest BCUT2D eigenvalue weighted by atomic mass is 10.2. The number of carbonyl (C=O) groups excluding carboxylic acids is 3. The quantitative estimate of drug-likeness (QED) is 0.319. The Hall–Kier alpha value is -4.36. The average Bonchev–Trinajstić information content (AvgIpc) is 3.54. The number of thiophene rings is 1. The second-order valence-electron chi connectivity index (χ2n) is 10.6. The van der Waals surface area contributed by atoms with Crippen molar-refractivity contribution in [1.82, 2.24) is 14.8 Å². The molecular formula is C28H34N6O6S. The van der Waals surface area contributed by atoms with Crippen LogP contribution in [0.4, 0.5) is 26.7 Å². The van der Waals surface area contributed by atoms with Gasteiger partial charge in [-0.05, 0) is 58.6 Å². The first-order valence-electron chi connectivity index (χ1n) is 12.9. The molecule has 0 radical (unpaired) electrons. The molecule has 4 amide bonds. The van der Waals surface area contributed by atoms with Gasteiger partial charge >= 0.3 is 12.1 Å². The Kier molecular flexibility index (Phi) is 9.30. The predicted octanol–water partition coefficient (Wildman–Crippen LogP) is 5.07. The number of aromatic nitrogens is 1. The van der Waals surface area contributed by atoms with Crippen LogP contribution in [-0.4, -0.2) is 72.4 Å². The van der Waals surface area contributed by atoms with Gasteiger partial charge in [-0.3, -0.25) is 15.1 Å². The SMILES string of the molecule is CN(C)CCN(Cc1ccc(C(=O)Nc2cscc2NC(=O)OC(C)(C)C)nc1)C(=O)Nc1ccc2c(c1)OCO2. The molecule has 3 N–H and O–H groups in total. The highest BCUT2D eigenvalue weighted by Gasteiger charge is 2.20. The van der Waals surface area contributed by atoms with E-state index in [1.807, 2.05) is 19.0 Å². The predicted molar refractivity (Wildman–Crippen MR) is 157 cm³/mol. The van der Waals surface area contributed by atoms with Gasteiger partial charge in [-0.1, -0.05) is 6.07 Å². The molecule has 0 aliphatic carbocycles. The van der Waals surface area contributed by atoms with Gasteiger partial charge in [-0.25, -0.2) is 9.59 Å². The second kappa shape index (κ2) is 12.9. The molecule has 0 spiro atoms. The molecule has 3 aromatic rings. The van der Waals surface area contributed by atoms with E-state index in [9.17, 15) is 14.4 Å². The van der Waals surface area contributed by atoms with Gasteiger partial charge in [0.2, 0.25) is 6.79 Å². The number of anilines is 3. The molecule has 1 aliphatic rings. The number of carbonyl (C=O) groups is 3. The molecule has 1 aliphatic heterocycles. The summed E-state index contributed by atoms with van der Waals surface area (Å²) in [5.74, 6) is 0.778. The molecule has 41 heavy (non-hydrogen) atoms. The van der Waals surface area contributed by atoms with E-state index in [-0.39, 0.29) is 25.1 Å². The van der Waals surface area contributed by atoms with Gasteiger partial charge < -0.3 is 34.6 Å². The van der Waals surface area contributed by atoms with Gasteiger partial charge in [-0.15, -0.1) is 11.3 Å². The normalized spacial score (nSPS) is 12.1. The van der Waals surface area contributed by atoms with Crippen molar-refractivity contribution in [3.63, 3.8) is 0 Å². The van der Waals surface area contributed by atoms with Crippen molar-refractivity contribution in [2.24, 2.45) is 0 Å². The summed E-state index contributed by atoms with van der Waals surface area (Å²) in [6.45, 7) is 6.87. The first-order valence-corrected chi connectivity index (χ1v) is 13.8. The molecule has 13 heteroatoms. The van der Waals surface area contributed by atoms with Crippen LogP contribution in [0.3, 0.4) is 0 Å². The Morgan fingerprint density at radius 2 is 1.71 bits per heavy atom. The minimum atomic E-state index is -0.649. The minimum absolute atomic E-state index is 0.153. The number of rotatable bonds is 9. The maximum absolute atomic E-state index is 13.2. The van der Waals surface area contributed by atoms with E-state index in [0.717, 1.165) is 5.56 Å². The van der Waals surface area contributed by atoms with Gasteiger partial charge in [0.25, 0.3) is 5.91 Å². The zero-order chi connectivity index (χ0) is 29.6. The molecule has 0 fully saturated rings. The maximum Gasteiger partial charge on any atom is 0.412 e. The molecule has 1 aromatic carbocycles. The van der Waals surface area contributed by atoms with Crippen molar-refractivity contribution < 1.29 is 28.6 Å². The number of nitrogens with zero attached hydrogens (tertiary/aromatic N) is 3. The Morgan fingerprint density at radius 1 is 0.976 bits per heavy atom. The highest BCUT2D eigenvalue weighted by molar-refractivity contribution is 7.09. The summed E-state index contributed by atoms with van der Waals surface area (Å²) in [4.78, 5) is 46.1. The topological polar surface area (TPSA) is 134 Å². The highest BCUT2D eigenvalue weighted by atomic mass is 32.1. The third kappa shape index (κ3) is 8.56. The Balaban J connectivity index is 1.38. The maximum atomic E-state index is 13.2. The van der Waals surface area contributed by atoms with Gasteiger partial charge in [0.15, 0.2) is 11.5 Å². The lowest BCUT2D eigenvalue weighted by Gasteiger charge is -2.25. The van der Waals surface area contributed by atoms with Crippen molar-refractivity contribution in [3.8, 4) is 11.5 Å². The second-order valence-corrected chi connectivity index (χ2v) is 11.3. The molecule has 0 unspecified atom stereocenters. The van der Waals surface area contributed by atoms with Crippen LogP contribution in [0.15, 0.2) is 47.3 Å². The number of amides is 4. The van der Waals surface area contributed by atoms with Crippen molar-refractivity contribution >= 4 is 46.4 Å². The Bertz CT molecular complexity index is 1390. The van der Waals surface area contributed by atoms with Crippen LogP contribution in [0, 0.1) is 0 Å². The van der Waals surface area contributed by atoms with E-state index < -0.39 is 17.6 Å². The molecule has 0 saturated carbocycles. The lowest BCUT2D eigenvalue weighted by Crippen LogP contribution is -2.39. The molecule has 12 nitrogen and oxygen atoms in total. The largest absolute Gasteiger partial charge is 0.454 e. The number of hydrogen-bond acceptors (Lipinski definition) is 9. The summed E-state index contributed by atoms with van der Waals surface area (Å²) < 4.78 is 16.0. The van der Waals surface area contributed by atoms with E-state index in [2.05, 4.69) is 20.9 Å². The first-order chi connectivity index (χ1) is 19.5. The molecule has 0 saturated heterocycles. The summed E-state index contributed by atoms with van der Waals surface area (Å²) in [5.41, 5.74) is 1.75. The van der Waals surface area contributed by atoms with Crippen LogP contribution in [-0.2, 0) is 11.3 Å². The minimum Gasteiger partial charge on any atom is -0.454 e. The molecule has 0 atom stereocenters. The lowest BCUT2D eigenvalue weighted by molar-refractivity contribution is 0.0635. The fourth-order valence-corrected chi connectivity index (χ4v) is 4.43. The van der Waals surface area contributed by atoms with Crippen LogP contribution in [0.2, 0.25) is 0 Å². The number of pyridine rings is 1. The molecule has 4 rings (SSSR count). The zero-order valence-corrected chi connectivity index (χ0v) is 24.5. The standard InChI is InChI=1S/C28H34N6O6S/c1-28(2,3)40-27(37)32-22-16-41-15-21(22)31-25(35)20-8-6-18(13-29-20)14-34(11-10-33(4)5)26(36)30-19-7-9-23-24(12-19)39-17-38-23/h6-9,12-13,15-16H,10-11,14,17H2,1-5H3,(H,30,36)(H,31,35)(H,32,37). The van der Waals surface area contributed by atoms with E-state index in [4.69, 9.17) is 14.2 Å². The summed E-state index contributed by atoms with van der Waals surface area (Å²) in [6, 6.07) is 8.30. The summed E-state index contributed by atoms with van der Waals surface area (Å²) in [6.07, 6.45) is 0.953. The summed E-state index contributed by atoms with van der Waals surface area (Å²) in [7, 11) is 3.87. The van der Waals surface area contributed by atoms with Crippen LogP contribution < -0.4 is 25.4 Å². The molecular weight excluding hydrogens is 548 g/mol. The molecule has 2 aromatic heterocycles. The average molecular weight is 583 g/mol. The number of ether oxygens (including phenoxy) is 3. The summed E-state index contributed by atoms with van der Waals surface area (Å²) >= 11 is 1.32. The number of likely N-dealkylation sites (N-methyl/N-ethyl adjacent to an activating group) is 1. The third-order valence-corrected chi connectivity index (χ3v) is 6.45. The molecule has 3 heterocycles. The van der Waals surface area contributed by atoms with Crippen LogP contribution >= 0.6 is 11.3 Å². The zero-order valence-electron chi connectivity index (χ0n) is 23.6. The van der Waals surface area contributed by atoms with Gasteiger partial charge in [0.05, 0.1) is 11.4 Å². The monoisotopic (exact) mass is 582 g/mol. The van der Waals surface area contributed by atoms with E-state index in [0.29, 0.717) is 41.7 Å². The van der Waals surface area contributed by atoms with Gasteiger partial charge in [0.1, 0.15) is 11.3 Å². The van der Waals surface area contributed by atoms with Crippen molar-refractivity contribution in [3.05, 3.63) is 58.5 Å². The smallest absolute Gasteiger partial charge is 0.412 e. The van der Waals surface area contributed by atoms with E-state index in [1.165, 1.54) is 11.3 Å².